The molecule has 0 aliphatic carbocycles. The third kappa shape index (κ3) is 6.36. The Morgan fingerprint density at radius 1 is 1.06 bits per heavy atom. The number of anilines is 2. The molecular formula is C21H19F6N3O3. The number of piperidine rings is 1. The number of carbonyl (C=O) groups excluding carboxylic acids is 2. The van der Waals surface area contributed by atoms with Crippen molar-refractivity contribution in [3.8, 4) is 0 Å². The standard InChI is InChI=1S/C21H19F6N3O3/c22-20(23,24)14-5-7-15(8-6-14)29-17(31)12-33-19(32)13-3-2-10-30(11-13)18-16(21(25,26)27)4-1-9-28-18/h1,4-9,13H,2-3,10-12H2,(H,29,31). The molecule has 1 N–H and O–H groups in total. The average molecular weight is 475 g/mol. The summed E-state index contributed by atoms with van der Waals surface area (Å²) in [7, 11) is 0. The summed E-state index contributed by atoms with van der Waals surface area (Å²) in [6, 6.07) is 5.81. The molecule has 0 spiro atoms. The quantitative estimate of drug-likeness (QED) is 0.509. The summed E-state index contributed by atoms with van der Waals surface area (Å²) < 4.78 is 82.5. The van der Waals surface area contributed by atoms with Crippen LogP contribution in [0.4, 0.5) is 37.8 Å². The molecule has 1 saturated heterocycles. The lowest BCUT2D eigenvalue weighted by molar-refractivity contribution is -0.151. The number of amides is 1. The van der Waals surface area contributed by atoms with Crippen molar-refractivity contribution in [2.75, 3.05) is 29.9 Å². The molecule has 1 fully saturated rings. The molecule has 0 radical (unpaired) electrons. The van der Waals surface area contributed by atoms with E-state index in [1.54, 1.807) is 0 Å². The Kier molecular flexibility index (Phi) is 7.13. The summed E-state index contributed by atoms with van der Waals surface area (Å²) in [5, 5.41) is 2.31. The zero-order valence-electron chi connectivity index (χ0n) is 17.0. The molecule has 3 rings (SSSR count). The fourth-order valence-corrected chi connectivity index (χ4v) is 3.43. The van der Waals surface area contributed by atoms with Crippen molar-refractivity contribution in [2.24, 2.45) is 5.92 Å². The Hall–Kier alpha value is -3.31. The van der Waals surface area contributed by atoms with Crippen LogP contribution in [-0.4, -0.2) is 36.6 Å². The molecule has 12 heteroatoms. The highest BCUT2D eigenvalue weighted by molar-refractivity contribution is 5.93. The van der Waals surface area contributed by atoms with Gasteiger partial charge in [-0.25, -0.2) is 4.98 Å². The maximum absolute atomic E-state index is 13.3. The number of pyridine rings is 1. The van der Waals surface area contributed by atoms with Gasteiger partial charge in [-0.1, -0.05) is 0 Å². The first-order valence-corrected chi connectivity index (χ1v) is 9.86. The van der Waals surface area contributed by atoms with Crippen molar-refractivity contribution in [2.45, 2.75) is 25.2 Å². The van der Waals surface area contributed by atoms with Gasteiger partial charge >= 0.3 is 18.3 Å². The van der Waals surface area contributed by atoms with E-state index in [0.29, 0.717) is 12.8 Å². The second-order valence-corrected chi connectivity index (χ2v) is 7.39. The van der Waals surface area contributed by atoms with Crippen LogP contribution in [0.25, 0.3) is 0 Å². The number of benzene rings is 1. The normalized spacial score (nSPS) is 16.9. The summed E-state index contributed by atoms with van der Waals surface area (Å²) in [5.41, 5.74) is -1.70. The first-order chi connectivity index (χ1) is 15.4. The van der Waals surface area contributed by atoms with E-state index in [2.05, 4.69) is 10.3 Å². The van der Waals surface area contributed by atoms with Crippen molar-refractivity contribution >= 4 is 23.4 Å². The molecule has 1 amide bonds. The first kappa shape index (κ1) is 24.3. The zero-order chi connectivity index (χ0) is 24.2. The van der Waals surface area contributed by atoms with E-state index in [-0.39, 0.29) is 24.6 Å². The van der Waals surface area contributed by atoms with Crippen LogP contribution in [0, 0.1) is 5.92 Å². The van der Waals surface area contributed by atoms with Crippen LogP contribution in [0.2, 0.25) is 0 Å². The second kappa shape index (κ2) is 9.67. The third-order valence-corrected chi connectivity index (χ3v) is 4.99. The van der Waals surface area contributed by atoms with Gasteiger partial charge in [0.25, 0.3) is 5.91 Å². The number of alkyl halides is 6. The molecule has 1 unspecified atom stereocenters. The smallest absolute Gasteiger partial charge is 0.419 e. The molecule has 1 aromatic carbocycles. The number of aromatic nitrogens is 1. The number of halogens is 6. The Morgan fingerprint density at radius 3 is 2.39 bits per heavy atom. The molecule has 0 bridgehead atoms. The predicted molar refractivity (Wildman–Crippen MR) is 105 cm³/mol. The fraction of sp³-hybridized carbons (Fsp3) is 0.381. The van der Waals surface area contributed by atoms with Crippen molar-refractivity contribution in [1.29, 1.82) is 0 Å². The molecule has 0 saturated carbocycles. The summed E-state index contributed by atoms with van der Waals surface area (Å²) >= 11 is 0. The number of ether oxygens (including phenoxy) is 1. The molecule has 33 heavy (non-hydrogen) atoms. The van der Waals surface area contributed by atoms with Crippen LogP contribution >= 0.6 is 0 Å². The van der Waals surface area contributed by atoms with E-state index < -0.39 is 47.9 Å². The van der Waals surface area contributed by atoms with Crippen molar-refractivity contribution < 1.29 is 40.7 Å². The molecule has 1 atom stereocenters. The highest BCUT2D eigenvalue weighted by atomic mass is 19.4. The van der Waals surface area contributed by atoms with Crippen LogP contribution in [0.15, 0.2) is 42.6 Å². The minimum absolute atomic E-state index is 0.0561. The van der Waals surface area contributed by atoms with E-state index in [0.717, 1.165) is 30.3 Å². The van der Waals surface area contributed by atoms with Gasteiger partial charge in [0.15, 0.2) is 6.61 Å². The topological polar surface area (TPSA) is 71.5 Å². The second-order valence-electron chi connectivity index (χ2n) is 7.39. The number of hydrogen-bond acceptors (Lipinski definition) is 5. The minimum atomic E-state index is -4.60. The molecule has 1 aromatic heterocycles. The molecule has 6 nitrogen and oxygen atoms in total. The van der Waals surface area contributed by atoms with E-state index in [1.807, 2.05) is 0 Å². The predicted octanol–water partition coefficient (Wildman–Crippen LogP) is 4.52. The Labute approximate surface area is 184 Å². The largest absolute Gasteiger partial charge is 0.455 e. The number of nitrogens with zero attached hydrogens (tertiary/aromatic N) is 2. The lowest BCUT2D eigenvalue weighted by Crippen LogP contribution is -2.41. The highest BCUT2D eigenvalue weighted by Crippen LogP contribution is 2.36. The van der Waals surface area contributed by atoms with E-state index >= 15 is 0 Å². The third-order valence-electron chi connectivity index (χ3n) is 4.99. The SMILES string of the molecule is O=C(COC(=O)C1CCCN(c2ncccc2C(F)(F)F)C1)Nc1ccc(C(F)(F)F)cc1. The molecule has 2 heterocycles. The lowest BCUT2D eigenvalue weighted by Gasteiger charge is -2.33. The van der Waals surface area contributed by atoms with Crippen LogP contribution in [0.3, 0.4) is 0 Å². The minimum Gasteiger partial charge on any atom is -0.455 e. The van der Waals surface area contributed by atoms with Gasteiger partial charge in [0.1, 0.15) is 5.82 Å². The summed E-state index contributed by atoms with van der Waals surface area (Å²) in [5.74, 6) is -2.56. The monoisotopic (exact) mass is 475 g/mol. The number of carbonyl (C=O) groups is 2. The van der Waals surface area contributed by atoms with Gasteiger partial charge in [-0.3, -0.25) is 9.59 Å². The number of nitrogens with one attached hydrogen (secondary N) is 1. The molecule has 178 valence electrons. The maximum atomic E-state index is 13.3. The van der Waals surface area contributed by atoms with Crippen LogP contribution < -0.4 is 10.2 Å². The fourth-order valence-electron chi connectivity index (χ4n) is 3.43. The first-order valence-electron chi connectivity index (χ1n) is 9.86. The van der Waals surface area contributed by atoms with Gasteiger partial charge in [-0.2, -0.15) is 26.3 Å². The van der Waals surface area contributed by atoms with E-state index in [9.17, 15) is 35.9 Å². The maximum Gasteiger partial charge on any atom is 0.419 e. The van der Waals surface area contributed by atoms with E-state index in [4.69, 9.17) is 4.74 Å². The molecule has 1 aliphatic rings. The Bertz CT molecular complexity index is 992. The lowest BCUT2D eigenvalue weighted by atomic mass is 9.98. The van der Waals surface area contributed by atoms with Gasteiger partial charge in [-0.05, 0) is 49.2 Å². The summed E-state index contributed by atoms with van der Waals surface area (Å²) in [6.07, 6.45) is -7.09. The summed E-state index contributed by atoms with van der Waals surface area (Å²) in [6.45, 7) is -0.467. The molecule has 1 aliphatic heterocycles. The van der Waals surface area contributed by atoms with Gasteiger partial charge in [-0.15, -0.1) is 0 Å². The molecular weight excluding hydrogens is 456 g/mol. The van der Waals surface area contributed by atoms with Crippen LogP contribution in [0.5, 0.6) is 0 Å². The van der Waals surface area contributed by atoms with Gasteiger partial charge in [0, 0.05) is 25.0 Å². The van der Waals surface area contributed by atoms with Gasteiger partial charge < -0.3 is 15.0 Å². The highest BCUT2D eigenvalue weighted by Gasteiger charge is 2.37. The van der Waals surface area contributed by atoms with Crippen molar-refractivity contribution in [1.82, 2.24) is 4.98 Å². The summed E-state index contributed by atoms with van der Waals surface area (Å²) in [4.78, 5) is 29.5. The Balaban J connectivity index is 1.55. The van der Waals surface area contributed by atoms with E-state index in [1.165, 1.54) is 17.2 Å². The molecule has 2 aromatic rings. The van der Waals surface area contributed by atoms with Crippen molar-refractivity contribution in [3.05, 3.63) is 53.7 Å². The van der Waals surface area contributed by atoms with Crippen LogP contribution in [-0.2, 0) is 26.7 Å². The van der Waals surface area contributed by atoms with Gasteiger partial charge in [0.2, 0.25) is 0 Å². The average Bonchev–Trinajstić information content (AvgIpc) is 2.77. The van der Waals surface area contributed by atoms with Crippen LogP contribution in [0.1, 0.15) is 24.0 Å². The number of hydrogen-bond donors (Lipinski definition) is 1. The van der Waals surface area contributed by atoms with Crippen molar-refractivity contribution in [3.63, 3.8) is 0 Å². The Morgan fingerprint density at radius 2 is 1.76 bits per heavy atom. The number of esters is 1. The van der Waals surface area contributed by atoms with Gasteiger partial charge in [0.05, 0.1) is 17.0 Å². The zero-order valence-corrected chi connectivity index (χ0v) is 17.0. The number of rotatable bonds is 5.